The highest BCUT2D eigenvalue weighted by molar-refractivity contribution is 5.82. The molecule has 3 aromatic rings. The van der Waals surface area contributed by atoms with Crippen molar-refractivity contribution in [3.8, 4) is 17.0 Å². The quantitative estimate of drug-likeness (QED) is 0.297. The van der Waals surface area contributed by atoms with E-state index in [1.54, 1.807) is 24.3 Å². The second kappa shape index (κ2) is 12.4. The van der Waals surface area contributed by atoms with Crippen molar-refractivity contribution in [2.45, 2.75) is 64.0 Å². The number of halogens is 3. The number of carboxylic acid groups (broad SMARTS) is 1. The van der Waals surface area contributed by atoms with Crippen molar-refractivity contribution in [3.63, 3.8) is 0 Å². The Balaban J connectivity index is 1.16. The van der Waals surface area contributed by atoms with E-state index >= 15 is 0 Å². The van der Waals surface area contributed by atoms with Crippen LogP contribution in [-0.4, -0.2) is 73.1 Å². The second-order valence-corrected chi connectivity index (χ2v) is 13.3. The third-order valence-corrected chi connectivity index (χ3v) is 10.6. The molecule has 3 aliphatic heterocycles. The molecule has 47 heavy (non-hydrogen) atoms. The third kappa shape index (κ3) is 5.87. The molecule has 250 valence electrons. The number of para-hydroxylation sites is 1. The molecule has 2 aromatic carbocycles. The van der Waals surface area contributed by atoms with Gasteiger partial charge in [-0.2, -0.15) is 13.2 Å². The van der Waals surface area contributed by atoms with E-state index in [-0.39, 0.29) is 30.4 Å². The molecule has 7 rings (SSSR count). The zero-order valence-electron chi connectivity index (χ0n) is 26.7. The van der Waals surface area contributed by atoms with Crippen LogP contribution in [-0.2, 0) is 40.0 Å². The van der Waals surface area contributed by atoms with Crippen LogP contribution >= 0.6 is 0 Å². The van der Waals surface area contributed by atoms with Gasteiger partial charge in [0.15, 0.2) is 0 Å². The molecule has 0 unspecified atom stereocenters. The van der Waals surface area contributed by atoms with Gasteiger partial charge in [-0.15, -0.1) is 0 Å². The van der Waals surface area contributed by atoms with Crippen molar-refractivity contribution in [1.29, 1.82) is 0 Å². The molecule has 0 amide bonds. The number of hydrogen-bond donors (Lipinski definition) is 1. The molecule has 1 aromatic heterocycles. The van der Waals surface area contributed by atoms with E-state index in [9.17, 15) is 23.1 Å². The normalized spacial score (nSPS) is 24.6. The molecule has 4 heterocycles. The van der Waals surface area contributed by atoms with Crippen LogP contribution < -0.4 is 9.64 Å². The van der Waals surface area contributed by atoms with E-state index in [0.29, 0.717) is 30.5 Å². The van der Waals surface area contributed by atoms with Crippen LogP contribution in [0.15, 0.2) is 48.5 Å². The minimum absolute atomic E-state index is 0.0249. The lowest BCUT2D eigenvalue weighted by Gasteiger charge is -2.38. The van der Waals surface area contributed by atoms with Crippen LogP contribution in [0.5, 0.6) is 5.75 Å². The smallest absolute Gasteiger partial charge is 0.419 e. The highest BCUT2D eigenvalue weighted by Gasteiger charge is 2.71. The molecule has 11 heteroatoms. The number of aliphatic carboxylic acids is 1. The Morgan fingerprint density at radius 2 is 1.94 bits per heavy atom. The van der Waals surface area contributed by atoms with E-state index < -0.39 is 29.2 Å². The summed E-state index contributed by atoms with van der Waals surface area (Å²) >= 11 is 0. The Morgan fingerprint density at radius 3 is 2.68 bits per heavy atom. The molecule has 1 saturated carbocycles. The monoisotopic (exact) mass is 651 g/mol. The highest BCUT2D eigenvalue weighted by Crippen LogP contribution is 2.62. The first-order valence-electron chi connectivity index (χ1n) is 16.3. The van der Waals surface area contributed by atoms with E-state index in [2.05, 4.69) is 17.9 Å². The maximum absolute atomic E-state index is 14.4. The first-order chi connectivity index (χ1) is 22.6. The summed E-state index contributed by atoms with van der Waals surface area (Å²) in [7, 11) is 1.53. The van der Waals surface area contributed by atoms with Gasteiger partial charge < -0.3 is 24.2 Å². The van der Waals surface area contributed by atoms with Crippen LogP contribution in [0.3, 0.4) is 0 Å². The number of fused-ring (bicyclic) bond motifs is 2. The van der Waals surface area contributed by atoms with Gasteiger partial charge in [0.2, 0.25) is 0 Å². The number of piperidine rings is 1. The summed E-state index contributed by atoms with van der Waals surface area (Å²) in [5.41, 5.74) is 3.23. The Bertz CT molecular complexity index is 1660. The SMILES string of the molecule is COC[C@H]1N(c2cccc(-c3cccc(C(F)(F)F)c3OCc3cc(C)c4c(c3)CCN(C3CCOCC3)C4)n2)C[C@@H]2C[C@@]21C(=O)O. The number of alkyl halides is 3. The predicted octanol–water partition coefficient (Wildman–Crippen LogP) is 6.12. The van der Waals surface area contributed by atoms with Gasteiger partial charge in [-0.3, -0.25) is 9.69 Å². The highest BCUT2D eigenvalue weighted by atomic mass is 19.4. The summed E-state index contributed by atoms with van der Waals surface area (Å²) < 4.78 is 60.2. The number of benzene rings is 2. The third-order valence-electron chi connectivity index (χ3n) is 10.6. The molecule has 0 radical (unpaired) electrons. The molecular weight excluding hydrogens is 611 g/mol. The lowest BCUT2D eigenvalue weighted by molar-refractivity contribution is -0.144. The minimum atomic E-state index is -4.64. The fourth-order valence-electron chi connectivity index (χ4n) is 8.10. The number of rotatable bonds is 9. The number of pyridine rings is 1. The van der Waals surface area contributed by atoms with Crippen molar-refractivity contribution in [3.05, 3.63) is 76.3 Å². The van der Waals surface area contributed by atoms with Gasteiger partial charge in [-0.05, 0) is 85.0 Å². The number of carboxylic acids is 1. The number of methoxy groups -OCH3 is 1. The average molecular weight is 652 g/mol. The van der Waals surface area contributed by atoms with Crippen LogP contribution in [0, 0.1) is 18.3 Å². The Morgan fingerprint density at radius 1 is 1.15 bits per heavy atom. The van der Waals surface area contributed by atoms with Gasteiger partial charge in [0, 0.05) is 51.6 Å². The Hall–Kier alpha value is -3.67. The summed E-state index contributed by atoms with van der Waals surface area (Å²) in [5, 5.41) is 10.0. The fourth-order valence-corrected chi connectivity index (χ4v) is 8.10. The Kier molecular flexibility index (Phi) is 8.42. The van der Waals surface area contributed by atoms with Gasteiger partial charge in [-0.25, -0.2) is 4.98 Å². The molecule has 4 aliphatic rings. The predicted molar refractivity (Wildman–Crippen MR) is 169 cm³/mol. The first-order valence-corrected chi connectivity index (χ1v) is 16.3. The van der Waals surface area contributed by atoms with Gasteiger partial charge in [0.25, 0.3) is 0 Å². The van der Waals surface area contributed by atoms with Crippen molar-refractivity contribution in [2.75, 3.05) is 44.9 Å². The van der Waals surface area contributed by atoms with E-state index in [4.69, 9.17) is 19.2 Å². The summed E-state index contributed by atoms with van der Waals surface area (Å²) in [6.45, 7) is 6.14. The molecule has 8 nitrogen and oxygen atoms in total. The number of nitrogens with zero attached hydrogens (tertiary/aromatic N) is 3. The van der Waals surface area contributed by atoms with Crippen molar-refractivity contribution >= 4 is 11.8 Å². The molecule has 3 fully saturated rings. The maximum Gasteiger partial charge on any atom is 0.419 e. The largest absolute Gasteiger partial charge is 0.488 e. The molecule has 1 N–H and O–H groups in total. The molecular formula is C36H40F3N3O5. The fraction of sp³-hybridized carbons (Fsp3) is 0.500. The second-order valence-electron chi connectivity index (χ2n) is 13.3. The number of hydrogen-bond acceptors (Lipinski definition) is 7. The van der Waals surface area contributed by atoms with Crippen LogP contribution in [0.25, 0.3) is 11.3 Å². The number of aryl methyl sites for hydroxylation is 1. The summed E-state index contributed by atoms with van der Waals surface area (Å²) in [4.78, 5) is 21.5. The maximum atomic E-state index is 14.4. The number of ether oxygens (including phenoxy) is 3. The van der Waals surface area contributed by atoms with E-state index in [1.807, 2.05) is 11.0 Å². The molecule has 2 saturated heterocycles. The molecule has 0 bridgehead atoms. The Labute approximate surface area is 272 Å². The van der Waals surface area contributed by atoms with Gasteiger partial charge >= 0.3 is 12.1 Å². The van der Waals surface area contributed by atoms with Crippen molar-refractivity contribution in [1.82, 2.24) is 9.88 Å². The first kappa shape index (κ1) is 31.9. The van der Waals surface area contributed by atoms with Crippen molar-refractivity contribution in [2.24, 2.45) is 11.3 Å². The van der Waals surface area contributed by atoms with E-state index in [0.717, 1.165) is 62.8 Å². The van der Waals surface area contributed by atoms with Gasteiger partial charge in [-0.1, -0.05) is 24.3 Å². The van der Waals surface area contributed by atoms with Crippen LogP contribution in [0.4, 0.5) is 19.0 Å². The van der Waals surface area contributed by atoms with Crippen LogP contribution in [0.1, 0.15) is 47.1 Å². The number of anilines is 1. The molecule has 3 atom stereocenters. The molecule has 0 spiro atoms. The summed E-state index contributed by atoms with van der Waals surface area (Å²) in [5.74, 6) is -0.653. The van der Waals surface area contributed by atoms with E-state index in [1.165, 1.54) is 24.3 Å². The topological polar surface area (TPSA) is 84.4 Å². The zero-order valence-corrected chi connectivity index (χ0v) is 26.7. The number of carbonyl (C=O) groups is 1. The van der Waals surface area contributed by atoms with Gasteiger partial charge in [0.05, 0.1) is 29.3 Å². The lowest BCUT2D eigenvalue weighted by Crippen LogP contribution is -2.43. The lowest BCUT2D eigenvalue weighted by atomic mass is 9.91. The minimum Gasteiger partial charge on any atom is -0.488 e. The number of aromatic nitrogens is 1. The standard InChI is InChI=1S/C36H40F3N3O5/c1-22-15-23(16-24-9-12-41(19-28(22)24)26-10-13-46-14-11-26)20-47-33-27(5-3-6-29(33)36(37,38)39)30-7-4-8-32(40-30)42-18-25-17-35(25,34(43)44)31(42)21-45-2/h3-8,15-16,25-26,31H,9-14,17-21H2,1-2H3,(H,43,44)/t25-,31+,35+/m0/s1. The summed E-state index contributed by atoms with van der Waals surface area (Å²) in [6, 6.07) is 13.3. The van der Waals surface area contributed by atoms with Crippen molar-refractivity contribution < 1.29 is 37.3 Å². The molecule has 1 aliphatic carbocycles. The zero-order chi connectivity index (χ0) is 32.9. The average Bonchev–Trinajstić information content (AvgIpc) is 3.72. The van der Waals surface area contributed by atoms with Crippen LogP contribution in [0.2, 0.25) is 0 Å². The summed E-state index contributed by atoms with van der Waals surface area (Å²) in [6.07, 6.45) is -1.11. The van der Waals surface area contributed by atoms with Gasteiger partial charge in [0.1, 0.15) is 18.2 Å².